The summed E-state index contributed by atoms with van der Waals surface area (Å²) in [5.74, 6) is 1.14. The Morgan fingerprint density at radius 3 is 2.76 bits per heavy atom. The van der Waals surface area contributed by atoms with Crippen LogP contribution in [0.3, 0.4) is 0 Å². The van der Waals surface area contributed by atoms with Crippen molar-refractivity contribution in [2.24, 2.45) is 0 Å². The maximum atomic E-state index is 15.0. The number of ether oxygens (including phenoxy) is 2. The van der Waals surface area contributed by atoms with Crippen LogP contribution in [-0.2, 0) is 17.6 Å². The molecular weight excluding hydrogens is 419 g/mol. The number of nitrogens with zero attached hydrogens (tertiary/aromatic N) is 1. The molecule has 5 nitrogen and oxygen atoms in total. The Hall–Kier alpha value is -3.80. The van der Waals surface area contributed by atoms with Crippen molar-refractivity contribution in [2.75, 3.05) is 13.3 Å². The molecule has 3 aromatic carbocycles. The predicted molar refractivity (Wildman–Crippen MR) is 123 cm³/mol. The van der Waals surface area contributed by atoms with Crippen molar-refractivity contribution >= 4 is 16.8 Å². The molecule has 1 N–H and O–H groups in total. The van der Waals surface area contributed by atoms with Gasteiger partial charge in [0.2, 0.25) is 12.7 Å². The van der Waals surface area contributed by atoms with Crippen molar-refractivity contribution in [1.29, 1.82) is 0 Å². The first-order chi connectivity index (χ1) is 16.2. The minimum absolute atomic E-state index is 0.00484. The van der Waals surface area contributed by atoms with Crippen LogP contribution in [0.4, 0.5) is 4.39 Å². The maximum absolute atomic E-state index is 15.0. The van der Waals surface area contributed by atoms with Gasteiger partial charge in [-0.25, -0.2) is 4.39 Å². The van der Waals surface area contributed by atoms with Crippen LogP contribution in [0.25, 0.3) is 10.9 Å². The third-order valence-electron chi connectivity index (χ3n) is 6.62. The molecular formula is C27H23FN2O3. The number of para-hydroxylation sites is 1. The van der Waals surface area contributed by atoms with Gasteiger partial charge >= 0.3 is 0 Å². The number of amides is 1. The number of carbonyl (C=O) groups is 1. The zero-order valence-corrected chi connectivity index (χ0v) is 18.0. The number of fused-ring (bicyclic) bond motifs is 4. The molecule has 166 valence electrons. The van der Waals surface area contributed by atoms with Crippen LogP contribution in [0.2, 0.25) is 0 Å². The van der Waals surface area contributed by atoms with Gasteiger partial charge in [-0.05, 0) is 48.2 Å². The molecule has 33 heavy (non-hydrogen) atoms. The Morgan fingerprint density at radius 2 is 1.85 bits per heavy atom. The summed E-state index contributed by atoms with van der Waals surface area (Å²) >= 11 is 0. The highest BCUT2D eigenvalue weighted by atomic mass is 19.1. The third-order valence-corrected chi connectivity index (χ3v) is 6.62. The lowest BCUT2D eigenvalue weighted by Crippen LogP contribution is -2.41. The predicted octanol–water partition coefficient (Wildman–Crippen LogP) is 5.14. The Kier molecular flexibility index (Phi) is 4.79. The van der Waals surface area contributed by atoms with Gasteiger partial charge in [0.05, 0.1) is 0 Å². The summed E-state index contributed by atoms with van der Waals surface area (Å²) in [6.45, 7) is 0.774. The van der Waals surface area contributed by atoms with E-state index in [0.29, 0.717) is 30.7 Å². The van der Waals surface area contributed by atoms with Crippen molar-refractivity contribution in [3.63, 3.8) is 0 Å². The second-order valence-corrected chi connectivity index (χ2v) is 8.51. The average molecular weight is 442 g/mol. The lowest BCUT2D eigenvalue weighted by molar-refractivity contribution is -0.133. The zero-order valence-electron chi connectivity index (χ0n) is 18.0. The van der Waals surface area contributed by atoms with Crippen molar-refractivity contribution < 1.29 is 18.7 Å². The van der Waals surface area contributed by atoms with Crippen molar-refractivity contribution in [1.82, 2.24) is 9.88 Å². The number of aryl methyl sites for hydroxylation is 1. The Labute approximate surface area is 190 Å². The standard InChI is InChI=1S/C27H23FN2O3/c28-21-7-3-1-6-20(21)27-26-19(18-5-2-4-8-22(18)29-26)13-14-30(27)25(31)12-10-17-9-11-23-24(15-17)33-16-32-23/h1-9,11,15,27,29H,10,12-14,16H2. The number of aromatic nitrogens is 1. The van der Waals surface area contributed by atoms with Gasteiger partial charge in [-0.1, -0.05) is 42.5 Å². The molecule has 2 aliphatic heterocycles. The van der Waals surface area contributed by atoms with E-state index in [1.807, 2.05) is 47.4 Å². The largest absolute Gasteiger partial charge is 0.454 e. The minimum Gasteiger partial charge on any atom is -0.454 e. The van der Waals surface area contributed by atoms with E-state index in [1.165, 1.54) is 11.6 Å². The van der Waals surface area contributed by atoms with E-state index in [1.54, 1.807) is 12.1 Å². The van der Waals surface area contributed by atoms with Crippen LogP contribution in [-0.4, -0.2) is 29.1 Å². The Balaban J connectivity index is 1.33. The number of halogens is 1. The molecule has 1 atom stereocenters. The molecule has 0 spiro atoms. The van der Waals surface area contributed by atoms with Crippen molar-refractivity contribution in [3.05, 3.63) is 94.9 Å². The second kappa shape index (κ2) is 7.96. The van der Waals surface area contributed by atoms with E-state index in [-0.39, 0.29) is 18.5 Å². The second-order valence-electron chi connectivity index (χ2n) is 8.51. The van der Waals surface area contributed by atoms with Gasteiger partial charge in [0.25, 0.3) is 0 Å². The first kappa shape index (κ1) is 19.9. The van der Waals surface area contributed by atoms with Crippen molar-refractivity contribution in [2.45, 2.75) is 25.3 Å². The monoisotopic (exact) mass is 442 g/mol. The van der Waals surface area contributed by atoms with Gasteiger partial charge in [0.15, 0.2) is 11.5 Å². The first-order valence-electron chi connectivity index (χ1n) is 11.2. The fourth-order valence-electron chi connectivity index (χ4n) is 5.02. The molecule has 0 fully saturated rings. The lowest BCUT2D eigenvalue weighted by atomic mass is 9.91. The van der Waals surface area contributed by atoms with Crippen LogP contribution in [0, 0.1) is 5.82 Å². The molecule has 6 rings (SSSR count). The number of aromatic amines is 1. The maximum Gasteiger partial charge on any atom is 0.231 e. The van der Waals surface area contributed by atoms with E-state index in [0.717, 1.165) is 34.3 Å². The molecule has 0 saturated heterocycles. The molecule has 0 aliphatic carbocycles. The normalized spacial score (nSPS) is 16.8. The summed E-state index contributed by atoms with van der Waals surface area (Å²) in [6.07, 6.45) is 1.65. The van der Waals surface area contributed by atoms with E-state index in [4.69, 9.17) is 9.47 Å². The molecule has 0 radical (unpaired) electrons. The van der Waals surface area contributed by atoms with Gasteiger partial charge in [-0.3, -0.25) is 4.79 Å². The van der Waals surface area contributed by atoms with Crippen LogP contribution < -0.4 is 9.47 Å². The van der Waals surface area contributed by atoms with Gasteiger partial charge < -0.3 is 19.4 Å². The smallest absolute Gasteiger partial charge is 0.231 e. The quantitative estimate of drug-likeness (QED) is 0.476. The summed E-state index contributed by atoms with van der Waals surface area (Å²) in [4.78, 5) is 18.8. The molecule has 1 amide bonds. The lowest BCUT2D eigenvalue weighted by Gasteiger charge is -2.36. The van der Waals surface area contributed by atoms with Crippen molar-refractivity contribution in [3.8, 4) is 11.5 Å². The van der Waals surface area contributed by atoms with Crippen LogP contribution in [0.1, 0.15) is 34.8 Å². The molecule has 4 aromatic rings. The third kappa shape index (κ3) is 3.42. The van der Waals surface area contributed by atoms with E-state index in [9.17, 15) is 9.18 Å². The van der Waals surface area contributed by atoms with E-state index in [2.05, 4.69) is 11.1 Å². The fraction of sp³-hybridized carbons (Fsp3) is 0.222. The van der Waals surface area contributed by atoms with E-state index >= 15 is 0 Å². The highest BCUT2D eigenvalue weighted by Gasteiger charge is 2.35. The number of rotatable bonds is 4. The van der Waals surface area contributed by atoms with Crippen LogP contribution >= 0.6 is 0 Å². The number of carbonyl (C=O) groups excluding carboxylic acids is 1. The highest BCUT2D eigenvalue weighted by molar-refractivity contribution is 5.86. The number of nitrogens with one attached hydrogen (secondary N) is 1. The number of hydrogen-bond acceptors (Lipinski definition) is 3. The SMILES string of the molecule is O=C(CCc1ccc2c(c1)OCO2)N1CCc2c([nH]c3ccccc23)C1c1ccccc1F. The summed E-state index contributed by atoms with van der Waals surface area (Å²) in [5.41, 5.74) is 4.61. The Morgan fingerprint density at radius 1 is 1.03 bits per heavy atom. The molecule has 0 saturated carbocycles. The summed E-state index contributed by atoms with van der Waals surface area (Å²) < 4.78 is 25.8. The Bertz CT molecular complexity index is 1360. The number of H-pyrrole nitrogens is 1. The van der Waals surface area contributed by atoms with E-state index < -0.39 is 6.04 Å². The minimum atomic E-state index is -0.480. The van der Waals surface area contributed by atoms with Gasteiger partial charge in [-0.2, -0.15) is 0 Å². The molecule has 0 bridgehead atoms. The number of hydrogen-bond donors (Lipinski definition) is 1. The van der Waals surface area contributed by atoms with Crippen LogP contribution in [0.15, 0.2) is 66.7 Å². The molecule has 1 aromatic heterocycles. The topological polar surface area (TPSA) is 54.6 Å². The van der Waals surface area contributed by atoms with Gasteiger partial charge in [0, 0.05) is 35.1 Å². The molecule has 3 heterocycles. The van der Waals surface area contributed by atoms with Gasteiger partial charge in [0.1, 0.15) is 11.9 Å². The highest BCUT2D eigenvalue weighted by Crippen LogP contribution is 2.40. The molecule has 1 unspecified atom stereocenters. The first-order valence-corrected chi connectivity index (χ1v) is 11.2. The molecule has 2 aliphatic rings. The summed E-state index contributed by atoms with van der Waals surface area (Å²) in [5, 5.41) is 1.14. The van der Waals surface area contributed by atoms with Gasteiger partial charge in [-0.15, -0.1) is 0 Å². The molecule has 6 heteroatoms. The van der Waals surface area contributed by atoms with Crippen LogP contribution in [0.5, 0.6) is 11.5 Å². The zero-order chi connectivity index (χ0) is 22.4. The number of benzene rings is 3. The summed E-state index contributed by atoms with van der Waals surface area (Å²) in [7, 11) is 0. The fourth-order valence-corrected chi connectivity index (χ4v) is 5.02. The average Bonchev–Trinajstić information content (AvgIpc) is 3.46. The summed E-state index contributed by atoms with van der Waals surface area (Å²) in [6, 6.07) is 20.1.